The minimum Gasteiger partial charge on any atom is -0.323 e. The highest BCUT2D eigenvalue weighted by atomic mass is 35.5. The topological polar surface area (TPSA) is 42.0 Å². The molecule has 0 saturated heterocycles. The fourth-order valence-corrected chi connectivity index (χ4v) is 3.61. The lowest BCUT2D eigenvalue weighted by molar-refractivity contribution is -0.113. The molecule has 9 heteroatoms. The van der Waals surface area contributed by atoms with Crippen molar-refractivity contribution in [1.82, 2.24) is 4.98 Å². The SMILES string of the molecule is O=C(CSc1nccs1)Nc1c(Cl)c(Cl)cc(Cl)c1Cl. The molecule has 2 rings (SSSR count). The molecule has 0 aliphatic heterocycles. The molecule has 2 aromatic rings. The van der Waals surface area contributed by atoms with E-state index in [4.69, 9.17) is 46.4 Å². The van der Waals surface area contributed by atoms with Crippen LogP contribution in [0.5, 0.6) is 0 Å². The van der Waals surface area contributed by atoms with E-state index in [0.717, 1.165) is 4.34 Å². The third-order valence-corrected chi connectivity index (χ3v) is 5.65. The van der Waals surface area contributed by atoms with E-state index in [9.17, 15) is 4.79 Å². The Morgan fingerprint density at radius 1 is 1.25 bits per heavy atom. The van der Waals surface area contributed by atoms with Gasteiger partial charge in [-0.15, -0.1) is 11.3 Å². The molecule has 0 aliphatic rings. The van der Waals surface area contributed by atoms with Crippen molar-refractivity contribution in [3.63, 3.8) is 0 Å². The van der Waals surface area contributed by atoms with Crippen molar-refractivity contribution in [1.29, 1.82) is 0 Å². The summed E-state index contributed by atoms with van der Waals surface area (Å²) in [5, 5.41) is 5.22. The van der Waals surface area contributed by atoms with E-state index in [-0.39, 0.29) is 37.4 Å². The molecular weight excluding hydrogens is 382 g/mol. The van der Waals surface area contributed by atoms with Gasteiger partial charge < -0.3 is 5.32 Å². The number of amides is 1. The molecule has 0 aliphatic carbocycles. The number of rotatable bonds is 4. The highest BCUT2D eigenvalue weighted by Gasteiger charge is 2.16. The molecule has 1 heterocycles. The van der Waals surface area contributed by atoms with Crippen LogP contribution in [0.1, 0.15) is 0 Å². The summed E-state index contributed by atoms with van der Waals surface area (Å²) in [6, 6.07) is 1.42. The van der Waals surface area contributed by atoms with Crippen LogP contribution in [0, 0.1) is 0 Å². The number of anilines is 1. The Hall–Kier alpha value is -0.170. The fraction of sp³-hybridized carbons (Fsp3) is 0.0909. The Labute approximate surface area is 143 Å². The zero-order valence-electron chi connectivity index (χ0n) is 9.62. The van der Waals surface area contributed by atoms with Crippen LogP contribution in [-0.4, -0.2) is 16.6 Å². The summed E-state index contributed by atoms with van der Waals surface area (Å²) in [4.78, 5) is 15.9. The molecule has 3 nitrogen and oxygen atoms in total. The molecule has 1 amide bonds. The van der Waals surface area contributed by atoms with Gasteiger partial charge in [-0.3, -0.25) is 4.79 Å². The van der Waals surface area contributed by atoms with E-state index in [1.165, 1.54) is 29.2 Å². The summed E-state index contributed by atoms with van der Waals surface area (Å²) in [7, 11) is 0. The summed E-state index contributed by atoms with van der Waals surface area (Å²) in [6.45, 7) is 0. The number of nitrogens with one attached hydrogen (secondary N) is 1. The molecule has 0 fully saturated rings. The number of thioether (sulfide) groups is 1. The average molecular weight is 388 g/mol. The second kappa shape index (κ2) is 7.20. The molecule has 1 aromatic carbocycles. The quantitative estimate of drug-likeness (QED) is 0.557. The highest BCUT2D eigenvalue weighted by molar-refractivity contribution is 8.01. The Balaban J connectivity index is 2.08. The molecule has 0 radical (unpaired) electrons. The largest absolute Gasteiger partial charge is 0.323 e. The van der Waals surface area contributed by atoms with E-state index in [1.54, 1.807) is 6.20 Å². The maximum absolute atomic E-state index is 11.9. The van der Waals surface area contributed by atoms with E-state index < -0.39 is 0 Å². The van der Waals surface area contributed by atoms with Crippen LogP contribution < -0.4 is 5.32 Å². The maximum atomic E-state index is 11.9. The third kappa shape index (κ3) is 3.93. The Bertz CT molecular complexity index is 608. The van der Waals surface area contributed by atoms with Crippen LogP contribution in [0.3, 0.4) is 0 Å². The number of halogens is 4. The van der Waals surface area contributed by atoms with Gasteiger partial charge in [-0.25, -0.2) is 4.98 Å². The van der Waals surface area contributed by atoms with Gasteiger partial charge in [0.2, 0.25) is 5.91 Å². The van der Waals surface area contributed by atoms with Crippen LogP contribution in [0.25, 0.3) is 0 Å². The van der Waals surface area contributed by atoms with Crippen molar-refractivity contribution in [2.45, 2.75) is 4.34 Å². The second-order valence-electron chi connectivity index (χ2n) is 3.48. The van der Waals surface area contributed by atoms with Crippen molar-refractivity contribution in [2.75, 3.05) is 11.1 Å². The number of hydrogen-bond acceptors (Lipinski definition) is 4. The normalized spacial score (nSPS) is 10.6. The van der Waals surface area contributed by atoms with E-state index in [0.29, 0.717) is 0 Å². The summed E-state index contributed by atoms with van der Waals surface area (Å²) >= 11 is 26.6. The lowest BCUT2D eigenvalue weighted by atomic mass is 10.3. The van der Waals surface area contributed by atoms with Gasteiger partial charge in [0.05, 0.1) is 31.5 Å². The van der Waals surface area contributed by atoms with Gasteiger partial charge in [-0.05, 0) is 6.07 Å². The molecule has 0 unspecified atom stereocenters. The van der Waals surface area contributed by atoms with E-state index in [1.807, 2.05) is 5.38 Å². The molecule has 0 spiro atoms. The summed E-state index contributed by atoms with van der Waals surface area (Å²) in [5.74, 6) is -0.0862. The Morgan fingerprint density at radius 2 is 1.90 bits per heavy atom. The maximum Gasteiger partial charge on any atom is 0.234 e. The number of carbonyl (C=O) groups excluding carboxylic acids is 1. The smallest absolute Gasteiger partial charge is 0.234 e. The van der Waals surface area contributed by atoms with Gasteiger partial charge in [0.25, 0.3) is 0 Å². The number of carbonyl (C=O) groups is 1. The van der Waals surface area contributed by atoms with Gasteiger partial charge in [-0.2, -0.15) is 0 Å². The van der Waals surface area contributed by atoms with Crippen molar-refractivity contribution in [3.05, 3.63) is 37.7 Å². The molecule has 0 saturated carbocycles. The first-order valence-corrected chi connectivity index (χ1v) is 8.52. The van der Waals surface area contributed by atoms with Crippen molar-refractivity contribution in [2.24, 2.45) is 0 Å². The zero-order chi connectivity index (χ0) is 14.7. The zero-order valence-corrected chi connectivity index (χ0v) is 14.3. The standard InChI is InChI=1S/C11H6Cl4N2OS2/c12-5-3-6(13)9(15)10(8(5)14)17-7(18)4-20-11-16-1-2-19-11/h1-3H,4H2,(H,17,18). The van der Waals surface area contributed by atoms with Crippen LogP contribution in [0.4, 0.5) is 5.69 Å². The molecule has 20 heavy (non-hydrogen) atoms. The van der Waals surface area contributed by atoms with Gasteiger partial charge in [0, 0.05) is 11.6 Å². The molecule has 1 N–H and O–H groups in total. The Kier molecular flexibility index (Phi) is 5.84. The number of thiazole rings is 1. The average Bonchev–Trinajstić information content (AvgIpc) is 2.92. The lowest BCUT2D eigenvalue weighted by Crippen LogP contribution is -2.14. The number of hydrogen-bond donors (Lipinski definition) is 1. The van der Waals surface area contributed by atoms with E-state index >= 15 is 0 Å². The summed E-state index contributed by atoms with van der Waals surface area (Å²) in [6.07, 6.45) is 1.68. The number of nitrogens with zero attached hydrogens (tertiary/aromatic N) is 1. The number of aromatic nitrogens is 1. The fourth-order valence-electron chi connectivity index (χ4n) is 1.27. The van der Waals surface area contributed by atoms with Crippen molar-refractivity contribution >= 4 is 81.1 Å². The predicted octanol–water partition coefficient (Wildman–Crippen LogP) is 5.49. The van der Waals surface area contributed by atoms with E-state index in [2.05, 4.69) is 10.3 Å². The van der Waals surface area contributed by atoms with Gasteiger partial charge in [0.1, 0.15) is 4.34 Å². The first-order valence-electron chi connectivity index (χ1n) is 5.14. The monoisotopic (exact) mass is 386 g/mol. The van der Waals surface area contributed by atoms with Crippen LogP contribution in [-0.2, 0) is 4.79 Å². The molecular formula is C11H6Cl4N2OS2. The highest BCUT2D eigenvalue weighted by Crippen LogP contribution is 2.41. The minimum absolute atomic E-state index is 0.161. The molecule has 0 atom stereocenters. The van der Waals surface area contributed by atoms with Crippen molar-refractivity contribution < 1.29 is 4.79 Å². The minimum atomic E-state index is -0.271. The predicted molar refractivity (Wildman–Crippen MR) is 87.9 cm³/mol. The van der Waals surface area contributed by atoms with Crippen molar-refractivity contribution in [3.8, 4) is 0 Å². The van der Waals surface area contributed by atoms with Gasteiger partial charge >= 0.3 is 0 Å². The molecule has 0 bridgehead atoms. The third-order valence-electron chi connectivity index (χ3n) is 2.11. The van der Waals surface area contributed by atoms with Crippen LogP contribution >= 0.6 is 69.5 Å². The Morgan fingerprint density at radius 3 is 2.45 bits per heavy atom. The summed E-state index contributed by atoms with van der Waals surface area (Å²) in [5.41, 5.74) is 0.218. The lowest BCUT2D eigenvalue weighted by Gasteiger charge is -2.11. The summed E-state index contributed by atoms with van der Waals surface area (Å²) < 4.78 is 0.807. The van der Waals surface area contributed by atoms with Crippen LogP contribution in [0.15, 0.2) is 22.0 Å². The second-order valence-corrected chi connectivity index (χ2v) is 7.17. The van der Waals surface area contributed by atoms with Gasteiger partial charge in [-0.1, -0.05) is 58.2 Å². The van der Waals surface area contributed by atoms with Crippen LogP contribution in [0.2, 0.25) is 20.1 Å². The molecule has 1 aromatic heterocycles. The van der Waals surface area contributed by atoms with Gasteiger partial charge in [0.15, 0.2) is 0 Å². The first-order chi connectivity index (χ1) is 9.49. The number of benzene rings is 1. The molecule has 106 valence electrons. The first kappa shape index (κ1) is 16.2.